The first-order chi connectivity index (χ1) is 13.5. The summed E-state index contributed by atoms with van der Waals surface area (Å²) in [4.78, 5) is 12.0. The van der Waals surface area contributed by atoms with E-state index in [2.05, 4.69) is 19.9 Å². The Morgan fingerprint density at radius 2 is 1.86 bits per heavy atom. The number of unbranched alkanes of at least 4 members (excludes halogenated alkanes) is 3. The topological polar surface area (TPSA) is 46.5 Å². The van der Waals surface area contributed by atoms with Crippen LogP contribution in [-0.2, 0) is 9.53 Å². The Balaban J connectivity index is 1.39. The van der Waals surface area contributed by atoms with E-state index in [4.69, 9.17) is 9.84 Å². The van der Waals surface area contributed by atoms with E-state index in [1.54, 1.807) is 0 Å². The standard InChI is InChI=1S/C25H40O3/c1-24-13-11-19(27)17-18(24)7-8-20-21-9-10-23(25(21,2)14-12-22(20)24)28-16-6-4-3-5-15-26/h11,13,18,20-23,26H,3-10,12,14-17H2,1-2H3/t18-,20-,21-,22-,23-,24-,25-/m0/s1. The molecule has 4 rings (SSSR count). The van der Waals surface area contributed by atoms with E-state index in [1.807, 2.05) is 6.08 Å². The summed E-state index contributed by atoms with van der Waals surface area (Å²) in [5.41, 5.74) is 0.591. The average Bonchev–Trinajstić information content (AvgIpc) is 3.01. The fourth-order valence-electron chi connectivity index (χ4n) is 7.65. The third-order valence-electron chi connectivity index (χ3n) is 9.32. The van der Waals surface area contributed by atoms with Crippen LogP contribution in [0.4, 0.5) is 0 Å². The van der Waals surface area contributed by atoms with Crippen molar-refractivity contribution in [2.24, 2.45) is 34.5 Å². The van der Waals surface area contributed by atoms with Crippen molar-refractivity contribution < 1.29 is 14.6 Å². The highest BCUT2D eigenvalue weighted by molar-refractivity contribution is 5.91. The van der Waals surface area contributed by atoms with Gasteiger partial charge in [-0.15, -0.1) is 0 Å². The molecule has 4 aliphatic rings. The lowest BCUT2D eigenvalue weighted by atomic mass is 9.46. The predicted molar refractivity (Wildman–Crippen MR) is 112 cm³/mol. The number of carbonyl (C=O) groups is 1. The number of aliphatic hydroxyl groups excluding tert-OH is 1. The van der Waals surface area contributed by atoms with Crippen LogP contribution in [0.2, 0.25) is 0 Å². The molecule has 3 heteroatoms. The van der Waals surface area contributed by atoms with Gasteiger partial charge >= 0.3 is 0 Å². The highest BCUT2D eigenvalue weighted by Gasteiger charge is 2.59. The van der Waals surface area contributed by atoms with Gasteiger partial charge in [0.2, 0.25) is 0 Å². The van der Waals surface area contributed by atoms with Crippen LogP contribution in [0.5, 0.6) is 0 Å². The van der Waals surface area contributed by atoms with Gasteiger partial charge in [0.25, 0.3) is 0 Å². The number of aliphatic hydroxyl groups is 1. The lowest BCUT2D eigenvalue weighted by Crippen LogP contribution is -2.53. The largest absolute Gasteiger partial charge is 0.396 e. The van der Waals surface area contributed by atoms with Gasteiger partial charge in [0.1, 0.15) is 0 Å². The van der Waals surface area contributed by atoms with E-state index < -0.39 is 0 Å². The van der Waals surface area contributed by atoms with Crippen LogP contribution < -0.4 is 0 Å². The quantitative estimate of drug-likeness (QED) is 0.601. The zero-order chi connectivity index (χ0) is 19.8. The van der Waals surface area contributed by atoms with Crippen molar-refractivity contribution in [3.05, 3.63) is 12.2 Å². The van der Waals surface area contributed by atoms with E-state index in [-0.39, 0.29) is 5.41 Å². The third-order valence-corrected chi connectivity index (χ3v) is 9.32. The van der Waals surface area contributed by atoms with E-state index in [1.165, 1.54) is 44.9 Å². The molecule has 3 fully saturated rings. The maximum Gasteiger partial charge on any atom is 0.155 e. The lowest BCUT2D eigenvalue weighted by molar-refractivity contribution is -0.126. The molecule has 0 radical (unpaired) electrons. The summed E-state index contributed by atoms with van der Waals surface area (Å²) in [5.74, 6) is 3.29. The fourth-order valence-corrected chi connectivity index (χ4v) is 7.65. The smallest absolute Gasteiger partial charge is 0.155 e. The molecule has 3 saturated carbocycles. The SMILES string of the molecule is C[C@]12C=CC(=O)C[C@@H]1CC[C@@H]1[C@@H]2CC[C@]2(C)[C@@H](OCCCCCCO)CC[C@@H]12. The molecule has 0 spiro atoms. The van der Waals surface area contributed by atoms with Crippen LogP contribution in [0, 0.1) is 34.5 Å². The van der Waals surface area contributed by atoms with Crippen LogP contribution in [0.25, 0.3) is 0 Å². The summed E-state index contributed by atoms with van der Waals surface area (Å²) in [7, 11) is 0. The molecule has 28 heavy (non-hydrogen) atoms. The van der Waals surface area contributed by atoms with Crippen LogP contribution in [-0.4, -0.2) is 30.2 Å². The Bertz CT molecular complexity index is 599. The van der Waals surface area contributed by atoms with Gasteiger partial charge in [-0.3, -0.25) is 4.79 Å². The molecule has 0 aromatic rings. The highest BCUT2D eigenvalue weighted by Crippen LogP contribution is 2.65. The molecule has 0 aliphatic heterocycles. The zero-order valence-electron chi connectivity index (χ0n) is 18.0. The minimum absolute atomic E-state index is 0.240. The van der Waals surface area contributed by atoms with Crippen molar-refractivity contribution in [3.63, 3.8) is 0 Å². The first-order valence-electron chi connectivity index (χ1n) is 11.9. The van der Waals surface area contributed by atoms with Gasteiger partial charge in [0, 0.05) is 19.6 Å². The van der Waals surface area contributed by atoms with Gasteiger partial charge in [-0.05, 0) is 91.9 Å². The van der Waals surface area contributed by atoms with Gasteiger partial charge < -0.3 is 9.84 Å². The predicted octanol–water partition coefficient (Wildman–Crippen LogP) is 5.31. The van der Waals surface area contributed by atoms with E-state index in [9.17, 15) is 4.79 Å². The Morgan fingerprint density at radius 3 is 2.68 bits per heavy atom. The van der Waals surface area contributed by atoms with Crippen molar-refractivity contribution in [1.82, 2.24) is 0 Å². The third kappa shape index (κ3) is 3.51. The Labute approximate surface area is 171 Å². The van der Waals surface area contributed by atoms with Crippen molar-refractivity contribution in [1.29, 1.82) is 0 Å². The summed E-state index contributed by atoms with van der Waals surface area (Å²) < 4.78 is 6.46. The number of hydrogen-bond acceptors (Lipinski definition) is 3. The molecule has 0 heterocycles. The second-order valence-electron chi connectivity index (χ2n) is 10.6. The van der Waals surface area contributed by atoms with Gasteiger partial charge in [0.15, 0.2) is 5.78 Å². The van der Waals surface area contributed by atoms with Crippen LogP contribution in [0.1, 0.15) is 84.5 Å². The van der Waals surface area contributed by atoms with Crippen LogP contribution >= 0.6 is 0 Å². The summed E-state index contributed by atoms with van der Waals surface area (Å²) in [5, 5.41) is 8.90. The molecule has 4 aliphatic carbocycles. The van der Waals surface area contributed by atoms with Gasteiger partial charge in [-0.1, -0.05) is 32.8 Å². The Morgan fingerprint density at radius 1 is 1.04 bits per heavy atom. The van der Waals surface area contributed by atoms with Crippen molar-refractivity contribution in [3.8, 4) is 0 Å². The molecule has 3 nitrogen and oxygen atoms in total. The molecule has 0 amide bonds. The second kappa shape index (κ2) is 8.22. The lowest BCUT2D eigenvalue weighted by Gasteiger charge is -2.58. The van der Waals surface area contributed by atoms with E-state index in [0.717, 1.165) is 50.0 Å². The number of carbonyl (C=O) groups excluding carboxylic acids is 1. The number of allylic oxidation sites excluding steroid dienone is 2. The van der Waals surface area contributed by atoms with Crippen LogP contribution in [0.15, 0.2) is 12.2 Å². The number of ketones is 1. The van der Waals surface area contributed by atoms with Crippen molar-refractivity contribution in [2.75, 3.05) is 13.2 Å². The van der Waals surface area contributed by atoms with Crippen molar-refractivity contribution in [2.45, 2.75) is 90.6 Å². The summed E-state index contributed by atoms with van der Waals surface area (Å²) in [6.45, 7) is 6.17. The summed E-state index contributed by atoms with van der Waals surface area (Å²) in [6, 6.07) is 0. The van der Waals surface area contributed by atoms with E-state index in [0.29, 0.717) is 29.8 Å². The molecule has 0 aromatic heterocycles. The molecule has 1 N–H and O–H groups in total. The average molecular weight is 389 g/mol. The number of hydrogen-bond donors (Lipinski definition) is 1. The zero-order valence-corrected chi connectivity index (χ0v) is 18.0. The fraction of sp³-hybridized carbons (Fsp3) is 0.880. The molecular formula is C25H40O3. The first-order valence-corrected chi connectivity index (χ1v) is 11.9. The molecule has 158 valence electrons. The Kier molecular flexibility index (Phi) is 6.05. The summed E-state index contributed by atoms with van der Waals surface area (Å²) in [6.07, 6.45) is 17.5. The second-order valence-corrected chi connectivity index (χ2v) is 10.6. The highest BCUT2D eigenvalue weighted by atomic mass is 16.5. The molecule has 0 bridgehead atoms. The number of rotatable bonds is 7. The minimum Gasteiger partial charge on any atom is -0.396 e. The number of fused-ring (bicyclic) bond motifs is 5. The minimum atomic E-state index is 0.240. The van der Waals surface area contributed by atoms with Gasteiger partial charge in [-0.2, -0.15) is 0 Å². The van der Waals surface area contributed by atoms with Crippen molar-refractivity contribution >= 4 is 5.78 Å². The molecule has 0 unspecified atom stereocenters. The normalized spacial score (nSPS) is 44.8. The maximum absolute atomic E-state index is 12.0. The number of ether oxygens (including phenoxy) is 1. The monoisotopic (exact) mass is 388 g/mol. The van der Waals surface area contributed by atoms with Gasteiger partial charge in [-0.25, -0.2) is 0 Å². The molecule has 7 atom stereocenters. The molecule has 0 saturated heterocycles. The maximum atomic E-state index is 12.0. The molecular weight excluding hydrogens is 348 g/mol. The first kappa shape index (κ1) is 20.6. The Hall–Kier alpha value is -0.670. The van der Waals surface area contributed by atoms with E-state index >= 15 is 0 Å². The van der Waals surface area contributed by atoms with Gasteiger partial charge in [0.05, 0.1) is 6.10 Å². The summed E-state index contributed by atoms with van der Waals surface area (Å²) >= 11 is 0. The molecule has 0 aromatic carbocycles. The van der Waals surface area contributed by atoms with Crippen LogP contribution in [0.3, 0.4) is 0 Å².